The van der Waals surface area contributed by atoms with Gasteiger partial charge in [0, 0.05) is 23.9 Å². The topological polar surface area (TPSA) is 55.4 Å². The molecule has 1 aliphatic heterocycles. The molecule has 162 valence electrons. The van der Waals surface area contributed by atoms with Gasteiger partial charge in [-0.3, -0.25) is 0 Å². The molecule has 0 saturated carbocycles. The largest absolute Gasteiger partial charge is 0.435 e. The minimum absolute atomic E-state index is 0.0534. The van der Waals surface area contributed by atoms with Crippen molar-refractivity contribution in [3.63, 3.8) is 0 Å². The molecule has 0 aliphatic carbocycles. The third-order valence-electron chi connectivity index (χ3n) is 4.39. The Kier molecular flexibility index (Phi) is 6.02. The Morgan fingerprint density at radius 1 is 1.10 bits per heavy atom. The lowest BCUT2D eigenvalue weighted by Crippen LogP contribution is -2.31. The second kappa shape index (κ2) is 8.21. The standard InChI is InChI=1S/C19H15F6NO3S/c20-13-6-11(7-14(9-13)29-18(21)22)17-10-16(4-5-26-17)30(27,28)15-3-1-2-12(8-15)19(23,24)25/h1-3,6-10,16,18,26H,4-5H2/t16-/m0/s1. The van der Waals surface area contributed by atoms with Gasteiger partial charge in [0.1, 0.15) is 11.6 Å². The minimum atomic E-state index is -4.71. The second-order valence-corrected chi connectivity index (χ2v) is 8.63. The van der Waals surface area contributed by atoms with Crippen molar-refractivity contribution >= 4 is 15.5 Å². The molecule has 0 bridgehead atoms. The van der Waals surface area contributed by atoms with Crippen molar-refractivity contribution in [3.05, 3.63) is 65.5 Å². The summed E-state index contributed by atoms with van der Waals surface area (Å²) < 4.78 is 107. The maximum absolute atomic E-state index is 13.8. The summed E-state index contributed by atoms with van der Waals surface area (Å²) in [6, 6.07) is 6.24. The highest BCUT2D eigenvalue weighted by Crippen LogP contribution is 2.33. The molecule has 0 amide bonds. The van der Waals surface area contributed by atoms with Crippen LogP contribution in [0.25, 0.3) is 5.70 Å². The van der Waals surface area contributed by atoms with E-state index in [0.717, 1.165) is 36.4 Å². The molecule has 1 heterocycles. The molecular formula is C19H15F6NO3S. The highest BCUT2D eigenvalue weighted by molar-refractivity contribution is 7.92. The molecule has 3 rings (SSSR count). The lowest BCUT2D eigenvalue weighted by Gasteiger charge is -2.24. The predicted molar refractivity (Wildman–Crippen MR) is 96.0 cm³/mol. The van der Waals surface area contributed by atoms with Crippen molar-refractivity contribution in [2.75, 3.05) is 6.54 Å². The zero-order valence-corrected chi connectivity index (χ0v) is 15.9. The van der Waals surface area contributed by atoms with Gasteiger partial charge in [-0.1, -0.05) is 6.07 Å². The van der Waals surface area contributed by atoms with E-state index in [1.54, 1.807) is 0 Å². The van der Waals surface area contributed by atoms with Gasteiger partial charge in [0.15, 0.2) is 9.84 Å². The van der Waals surface area contributed by atoms with Crippen LogP contribution in [0, 0.1) is 5.82 Å². The number of rotatable bonds is 5. The Labute approximate surface area is 168 Å². The van der Waals surface area contributed by atoms with Crippen molar-refractivity contribution in [2.24, 2.45) is 0 Å². The summed E-state index contributed by atoms with van der Waals surface area (Å²) in [4.78, 5) is -0.499. The molecule has 30 heavy (non-hydrogen) atoms. The third-order valence-corrected chi connectivity index (χ3v) is 6.47. The predicted octanol–water partition coefficient (Wildman–Crippen LogP) is 4.62. The smallest absolute Gasteiger partial charge is 0.416 e. The van der Waals surface area contributed by atoms with Crippen LogP contribution in [0.2, 0.25) is 0 Å². The van der Waals surface area contributed by atoms with E-state index >= 15 is 0 Å². The number of hydrogen-bond donors (Lipinski definition) is 1. The summed E-state index contributed by atoms with van der Waals surface area (Å²) >= 11 is 0. The first-order valence-corrected chi connectivity index (χ1v) is 10.1. The molecule has 4 nitrogen and oxygen atoms in total. The molecule has 2 aromatic rings. The quantitative estimate of drug-likeness (QED) is 0.674. The zero-order chi connectivity index (χ0) is 22.1. The van der Waals surface area contributed by atoms with E-state index < -0.39 is 49.9 Å². The van der Waals surface area contributed by atoms with Crippen LogP contribution >= 0.6 is 0 Å². The summed E-state index contributed by atoms with van der Waals surface area (Å²) in [7, 11) is -4.19. The van der Waals surface area contributed by atoms with Gasteiger partial charge in [-0.2, -0.15) is 22.0 Å². The molecule has 0 saturated heterocycles. The number of ether oxygens (including phenoxy) is 1. The van der Waals surface area contributed by atoms with Gasteiger partial charge in [-0.05, 0) is 42.8 Å². The molecular weight excluding hydrogens is 436 g/mol. The number of halogens is 6. The fourth-order valence-electron chi connectivity index (χ4n) is 3.03. The summed E-state index contributed by atoms with van der Waals surface area (Å²) in [5, 5.41) is 1.64. The Morgan fingerprint density at radius 2 is 1.83 bits per heavy atom. The summed E-state index contributed by atoms with van der Waals surface area (Å²) in [6.45, 7) is -3.06. The van der Waals surface area contributed by atoms with Crippen LogP contribution in [0.15, 0.2) is 53.4 Å². The highest BCUT2D eigenvalue weighted by Gasteiger charge is 2.34. The third kappa shape index (κ3) is 4.89. The van der Waals surface area contributed by atoms with Crippen molar-refractivity contribution in [2.45, 2.75) is 29.4 Å². The lowest BCUT2D eigenvalue weighted by molar-refractivity contribution is -0.137. The molecule has 11 heteroatoms. The van der Waals surface area contributed by atoms with Crippen molar-refractivity contribution in [3.8, 4) is 5.75 Å². The maximum atomic E-state index is 13.8. The highest BCUT2D eigenvalue weighted by atomic mass is 32.2. The van der Waals surface area contributed by atoms with Gasteiger partial charge >= 0.3 is 12.8 Å². The van der Waals surface area contributed by atoms with Gasteiger partial charge in [-0.25, -0.2) is 12.8 Å². The second-order valence-electron chi connectivity index (χ2n) is 6.46. The first kappa shape index (κ1) is 22.0. The van der Waals surface area contributed by atoms with Crippen LogP contribution in [-0.2, 0) is 16.0 Å². The van der Waals surface area contributed by atoms with E-state index in [1.165, 1.54) is 6.08 Å². The van der Waals surface area contributed by atoms with E-state index in [0.29, 0.717) is 6.07 Å². The molecule has 0 radical (unpaired) electrons. The van der Waals surface area contributed by atoms with Crippen LogP contribution in [0.4, 0.5) is 26.3 Å². The Morgan fingerprint density at radius 3 is 2.50 bits per heavy atom. The van der Waals surface area contributed by atoms with Crippen LogP contribution in [-0.4, -0.2) is 26.8 Å². The fourth-order valence-corrected chi connectivity index (χ4v) is 4.69. The van der Waals surface area contributed by atoms with Crippen LogP contribution in [0.5, 0.6) is 5.75 Å². The van der Waals surface area contributed by atoms with E-state index in [-0.39, 0.29) is 24.2 Å². The van der Waals surface area contributed by atoms with Crippen LogP contribution in [0.1, 0.15) is 17.5 Å². The Bertz CT molecular complexity index is 1070. The van der Waals surface area contributed by atoms with Gasteiger partial charge in [0.2, 0.25) is 0 Å². The van der Waals surface area contributed by atoms with Gasteiger partial charge < -0.3 is 10.1 Å². The van der Waals surface area contributed by atoms with E-state index in [1.807, 2.05) is 0 Å². The summed E-state index contributed by atoms with van der Waals surface area (Å²) in [5.74, 6) is -1.33. The number of sulfone groups is 1. The zero-order valence-electron chi connectivity index (χ0n) is 15.1. The van der Waals surface area contributed by atoms with E-state index in [2.05, 4.69) is 10.1 Å². The number of nitrogens with one attached hydrogen (secondary N) is 1. The Balaban J connectivity index is 1.97. The normalized spacial score (nSPS) is 17.4. The minimum Gasteiger partial charge on any atom is -0.435 e. The lowest BCUT2D eigenvalue weighted by atomic mass is 10.1. The first-order chi connectivity index (χ1) is 14.0. The molecule has 0 spiro atoms. The molecule has 2 aromatic carbocycles. The van der Waals surface area contributed by atoms with Gasteiger partial charge in [-0.15, -0.1) is 0 Å². The number of hydrogen-bond acceptors (Lipinski definition) is 4. The van der Waals surface area contributed by atoms with Gasteiger partial charge in [0.05, 0.1) is 15.7 Å². The first-order valence-electron chi connectivity index (χ1n) is 8.59. The van der Waals surface area contributed by atoms with Crippen molar-refractivity contribution in [1.82, 2.24) is 5.32 Å². The van der Waals surface area contributed by atoms with E-state index in [4.69, 9.17) is 0 Å². The van der Waals surface area contributed by atoms with Crippen LogP contribution in [0.3, 0.4) is 0 Å². The SMILES string of the molecule is O=S(=O)(c1cccc(C(F)(F)F)c1)[C@@H]1C=C(c2cc(F)cc(OC(F)F)c2)NCC1. The molecule has 1 atom stereocenters. The van der Waals surface area contributed by atoms with E-state index in [9.17, 15) is 34.8 Å². The van der Waals surface area contributed by atoms with Crippen molar-refractivity contribution < 1.29 is 39.5 Å². The summed E-state index contributed by atoms with van der Waals surface area (Å²) in [5.41, 5.74) is -0.893. The fraction of sp³-hybridized carbons (Fsp3) is 0.263. The molecule has 1 N–H and O–H groups in total. The van der Waals surface area contributed by atoms with Gasteiger partial charge in [0.25, 0.3) is 0 Å². The summed E-state index contributed by atoms with van der Waals surface area (Å²) in [6.07, 6.45) is -3.43. The Hall–Kier alpha value is -2.69. The molecule has 1 aliphatic rings. The average Bonchev–Trinajstić information content (AvgIpc) is 2.66. The maximum Gasteiger partial charge on any atom is 0.416 e. The van der Waals surface area contributed by atoms with Crippen LogP contribution < -0.4 is 10.1 Å². The molecule has 0 unspecified atom stereocenters. The number of benzene rings is 2. The molecule has 0 fully saturated rings. The average molecular weight is 451 g/mol. The monoisotopic (exact) mass is 451 g/mol. The molecule has 0 aromatic heterocycles. The number of alkyl halides is 5. The van der Waals surface area contributed by atoms with Crippen molar-refractivity contribution in [1.29, 1.82) is 0 Å².